The summed E-state index contributed by atoms with van der Waals surface area (Å²) in [4.78, 5) is 0. The quantitative estimate of drug-likeness (QED) is 0.568. The van der Waals surface area contributed by atoms with E-state index in [1.54, 1.807) is 14.7 Å². The molecule has 0 unspecified atom stereocenters. The molecule has 5 heteroatoms. The van der Waals surface area contributed by atoms with E-state index in [0.717, 1.165) is 6.42 Å². The van der Waals surface area contributed by atoms with E-state index in [-0.39, 0.29) is 5.54 Å². The molecule has 1 N–H and O–H groups in total. The number of nitrogens with zero attached hydrogens (tertiary/aromatic N) is 2. The van der Waals surface area contributed by atoms with Gasteiger partial charge in [0.1, 0.15) is 0 Å². The van der Waals surface area contributed by atoms with E-state index in [9.17, 15) is 0 Å². The number of benzene rings is 2. The molecule has 0 atom stereocenters. The van der Waals surface area contributed by atoms with Crippen LogP contribution in [0.15, 0.2) is 30.3 Å². The summed E-state index contributed by atoms with van der Waals surface area (Å²) in [6, 6.07) is 11.5. The van der Waals surface area contributed by atoms with Crippen LogP contribution in [0.2, 0.25) is 13.1 Å². The molecule has 1 aliphatic carbocycles. The Morgan fingerprint density at radius 1 is 0.964 bits per heavy atom. The third-order valence-electron chi connectivity index (χ3n) is 5.06. The molecule has 0 saturated heterocycles. The van der Waals surface area contributed by atoms with Gasteiger partial charge in [0, 0.05) is 0 Å². The Kier molecular flexibility index (Phi) is 6.27. The van der Waals surface area contributed by atoms with Gasteiger partial charge in [0.2, 0.25) is 0 Å². The number of fused-ring (bicyclic) bond motifs is 3. The molecule has 28 heavy (non-hydrogen) atoms. The molecule has 0 heterocycles. The standard InChI is InChI=1S/C19H24NSi.2C2H6N.Mo/c1-19(2,3)20-17-12-16-14(11-18(17)21(4)5)10-13-8-6-7-9-15(13)16;2*1-3-2;/h6-9,12,20-21H,10H2,1-5H3;2*1-2H3;/q;2*-1;+2. The van der Waals surface area contributed by atoms with Crippen molar-refractivity contribution in [2.24, 2.45) is 0 Å². The van der Waals surface area contributed by atoms with Gasteiger partial charge >= 0.3 is 180 Å². The zero-order valence-electron chi connectivity index (χ0n) is 19.0. The monoisotopic (exact) mass is 480 g/mol. The molecular weight excluding hydrogens is 442 g/mol. The molecular formula is C23H36MoN3Si. The molecule has 0 saturated carbocycles. The van der Waals surface area contributed by atoms with E-state index < -0.39 is 26.6 Å². The van der Waals surface area contributed by atoms with Crippen LogP contribution in [-0.2, 0) is 24.2 Å². The van der Waals surface area contributed by atoms with Crippen LogP contribution in [-0.4, -0.2) is 49.4 Å². The maximum atomic E-state index is 3.89. The second-order valence-electron chi connectivity index (χ2n) is 9.45. The number of nitrogens with one attached hydrogen (secondary N) is 1. The fourth-order valence-electron chi connectivity index (χ4n) is 4.24. The van der Waals surface area contributed by atoms with E-state index in [0.29, 0.717) is 0 Å². The first kappa shape index (κ1) is 21.8. The van der Waals surface area contributed by atoms with E-state index in [4.69, 9.17) is 0 Å². The summed E-state index contributed by atoms with van der Waals surface area (Å²) in [5.74, 6) is 0. The number of hydrogen-bond acceptors (Lipinski definition) is 3. The molecule has 0 spiro atoms. The SMILES string of the molecule is C[N](C)[Mo]([c]1c2c(cc(NC(C)(C)C)c1[SiH](C)C)-c1ccccc1C2)[N](C)C. The zero-order chi connectivity index (χ0) is 20.8. The third-order valence-corrected chi connectivity index (χ3v) is 12.8. The molecule has 2 aromatic rings. The van der Waals surface area contributed by atoms with Gasteiger partial charge in [-0.2, -0.15) is 0 Å². The minimum atomic E-state index is -1.83. The van der Waals surface area contributed by atoms with Gasteiger partial charge in [0.15, 0.2) is 0 Å². The number of rotatable bonds is 5. The van der Waals surface area contributed by atoms with Crippen molar-refractivity contribution in [3.63, 3.8) is 0 Å². The molecule has 0 fully saturated rings. The fraction of sp³-hybridized carbons (Fsp3) is 0.478. The van der Waals surface area contributed by atoms with Crippen LogP contribution in [0, 0.1) is 0 Å². The Morgan fingerprint density at radius 3 is 2.11 bits per heavy atom. The van der Waals surface area contributed by atoms with Crippen LogP contribution in [0.5, 0.6) is 0 Å². The van der Waals surface area contributed by atoms with Crippen molar-refractivity contribution in [1.29, 1.82) is 0 Å². The van der Waals surface area contributed by atoms with Gasteiger partial charge in [0.05, 0.1) is 0 Å². The van der Waals surface area contributed by atoms with E-state index >= 15 is 0 Å². The fourth-order valence-corrected chi connectivity index (χ4v) is 13.2. The van der Waals surface area contributed by atoms with Crippen molar-refractivity contribution in [2.75, 3.05) is 33.5 Å². The van der Waals surface area contributed by atoms with Gasteiger partial charge in [-0.25, -0.2) is 0 Å². The van der Waals surface area contributed by atoms with Crippen molar-refractivity contribution in [3.05, 3.63) is 41.5 Å². The number of anilines is 1. The van der Waals surface area contributed by atoms with Gasteiger partial charge in [-0.3, -0.25) is 0 Å². The summed E-state index contributed by atoms with van der Waals surface area (Å²) in [5, 5.41) is 5.56. The van der Waals surface area contributed by atoms with Gasteiger partial charge < -0.3 is 0 Å². The summed E-state index contributed by atoms with van der Waals surface area (Å²) < 4.78 is 6.77. The molecule has 0 aliphatic heterocycles. The molecule has 0 radical (unpaired) electrons. The molecule has 0 bridgehead atoms. The number of hydrogen-bond donors (Lipinski definition) is 1. The van der Waals surface area contributed by atoms with Crippen LogP contribution < -0.4 is 14.5 Å². The van der Waals surface area contributed by atoms with Crippen LogP contribution in [0.25, 0.3) is 11.1 Å². The van der Waals surface area contributed by atoms with Crippen molar-refractivity contribution in [2.45, 2.75) is 45.8 Å². The molecule has 0 amide bonds. The van der Waals surface area contributed by atoms with Gasteiger partial charge in [-0.1, -0.05) is 0 Å². The van der Waals surface area contributed by atoms with E-state index in [2.05, 4.69) is 105 Å². The van der Waals surface area contributed by atoms with Crippen molar-refractivity contribution < 1.29 is 17.8 Å². The molecule has 3 nitrogen and oxygen atoms in total. The van der Waals surface area contributed by atoms with Gasteiger partial charge in [-0.05, 0) is 0 Å². The predicted octanol–water partition coefficient (Wildman–Crippen LogP) is 3.36. The second-order valence-corrected chi connectivity index (χ2v) is 18.2. The minimum absolute atomic E-state index is 0.0540. The predicted molar refractivity (Wildman–Crippen MR) is 124 cm³/mol. The summed E-state index contributed by atoms with van der Waals surface area (Å²) in [6.07, 6.45) is 1.09. The Labute approximate surface area is 179 Å². The Bertz CT molecular complexity index is 861. The Balaban J connectivity index is 2.37. The average Bonchev–Trinajstić information content (AvgIpc) is 2.91. The van der Waals surface area contributed by atoms with Crippen molar-refractivity contribution >= 4 is 23.6 Å². The van der Waals surface area contributed by atoms with Crippen LogP contribution in [0.1, 0.15) is 31.9 Å². The van der Waals surface area contributed by atoms with Gasteiger partial charge in [-0.15, -0.1) is 0 Å². The first-order chi connectivity index (χ1) is 13.0. The van der Waals surface area contributed by atoms with E-state index in [1.165, 1.54) is 22.4 Å². The summed E-state index contributed by atoms with van der Waals surface area (Å²) in [7, 11) is 8.07. The molecule has 3 rings (SSSR count). The summed E-state index contributed by atoms with van der Waals surface area (Å²) in [6.45, 7) is 11.8. The Morgan fingerprint density at radius 2 is 1.57 bits per heavy atom. The summed E-state index contributed by atoms with van der Waals surface area (Å²) in [5.41, 5.74) is 7.43. The molecule has 2 aromatic carbocycles. The van der Waals surface area contributed by atoms with Crippen molar-refractivity contribution in [1.82, 2.24) is 6.92 Å². The third kappa shape index (κ3) is 4.16. The normalized spacial score (nSPS) is 13.6. The Hall–Kier alpha value is -0.935. The average molecular weight is 479 g/mol. The summed E-state index contributed by atoms with van der Waals surface area (Å²) >= 11 is -1.83. The van der Waals surface area contributed by atoms with E-state index in [1.807, 2.05) is 0 Å². The van der Waals surface area contributed by atoms with Crippen LogP contribution >= 0.6 is 0 Å². The second kappa shape index (κ2) is 8.06. The molecule has 0 aromatic heterocycles. The molecule has 1 aliphatic rings. The first-order valence-corrected chi connectivity index (χ1v) is 15.8. The topological polar surface area (TPSA) is 18.5 Å². The van der Waals surface area contributed by atoms with Crippen molar-refractivity contribution in [3.8, 4) is 11.1 Å². The first-order valence-electron chi connectivity index (χ1n) is 10.2. The zero-order valence-corrected chi connectivity index (χ0v) is 22.1. The van der Waals surface area contributed by atoms with Crippen LogP contribution in [0.3, 0.4) is 0 Å². The van der Waals surface area contributed by atoms with Crippen LogP contribution in [0.4, 0.5) is 5.69 Å². The van der Waals surface area contributed by atoms with Gasteiger partial charge in [0.25, 0.3) is 0 Å². The molecule has 153 valence electrons. The maximum absolute atomic E-state index is 3.89.